The minimum atomic E-state index is -0.687. The van der Waals surface area contributed by atoms with Crippen LogP contribution in [0.2, 0.25) is 0 Å². The molecule has 0 bridgehead atoms. The monoisotopic (exact) mass is 400 g/mol. The maximum absolute atomic E-state index is 12.0. The van der Waals surface area contributed by atoms with Crippen molar-refractivity contribution < 1.29 is 24.3 Å². The van der Waals surface area contributed by atoms with Crippen LogP contribution in [-0.4, -0.2) is 29.3 Å². The third kappa shape index (κ3) is 6.18. The van der Waals surface area contributed by atoms with Crippen LogP contribution in [-0.2, 0) is 0 Å². The number of carbonyl (C=O) groups is 1. The fourth-order valence-electron chi connectivity index (χ4n) is 3.32. The Labute approximate surface area is 168 Å². The molecule has 2 aromatic carbocycles. The number of aliphatic hydroxyl groups is 1. The molecule has 0 aromatic heterocycles. The summed E-state index contributed by atoms with van der Waals surface area (Å²) < 4.78 is 10.9. The Morgan fingerprint density at radius 1 is 1.00 bits per heavy atom. The second-order valence-corrected chi connectivity index (χ2v) is 7.17. The molecule has 0 atom stereocenters. The SMILES string of the molecule is O=C(Nc1ccc(OCC2CCC(CO)CC2)cc1)Oc1ccc([N+](=O)[O-])cc1. The van der Waals surface area contributed by atoms with Crippen molar-refractivity contribution in [1.29, 1.82) is 0 Å². The van der Waals surface area contributed by atoms with E-state index >= 15 is 0 Å². The summed E-state index contributed by atoms with van der Waals surface area (Å²) in [4.78, 5) is 22.1. The van der Waals surface area contributed by atoms with Gasteiger partial charge in [-0.25, -0.2) is 4.79 Å². The van der Waals surface area contributed by atoms with Gasteiger partial charge in [-0.1, -0.05) is 0 Å². The van der Waals surface area contributed by atoms with Gasteiger partial charge in [-0.15, -0.1) is 0 Å². The summed E-state index contributed by atoms with van der Waals surface area (Å²) in [5.74, 6) is 1.88. The fourth-order valence-corrected chi connectivity index (χ4v) is 3.32. The van der Waals surface area contributed by atoms with Gasteiger partial charge in [0, 0.05) is 24.4 Å². The molecule has 0 radical (unpaired) electrons. The molecule has 1 aliphatic carbocycles. The van der Waals surface area contributed by atoms with Gasteiger partial charge in [0.2, 0.25) is 0 Å². The van der Waals surface area contributed by atoms with Crippen LogP contribution >= 0.6 is 0 Å². The number of ether oxygens (including phenoxy) is 2. The van der Waals surface area contributed by atoms with Gasteiger partial charge in [-0.05, 0) is 73.9 Å². The zero-order chi connectivity index (χ0) is 20.6. The van der Waals surface area contributed by atoms with Gasteiger partial charge in [0.15, 0.2) is 0 Å². The Balaban J connectivity index is 1.43. The molecule has 154 valence electrons. The van der Waals surface area contributed by atoms with E-state index in [4.69, 9.17) is 9.47 Å². The van der Waals surface area contributed by atoms with E-state index in [1.807, 2.05) is 0 Å². The summed E-state index contributed by atoms with van der Waals surface area (Å²) in [7, 11) is 0. The maximum Gasteiger partial charge on any atom is 0.417 e. The van der Waals surface area contributed by atoms with Crippen molar-refractivity contribution in [3.8, 4) is 11.5 Å². The number of amides is 1. The molecule has 29 heavy (non-hydrogen) atoms. The van der Waals surface area contributed by atoms with Gasteiger partial charge in [0.25, 0.3) is 5.69 Å². The summed E-state index contributed by atoms with van der Waals surface area (Å²) in [6.45, 7) is 0.918. The van der Waals surface area contributed by atoms with Gasteiger partial charge >= 0.3 is 6.09 Å². The second kappa shape index (κ2) is 9.88. The van der Waals surface area contributed by atoms with Gasteiger partial charge in [-0.2, -0.15) is 0 Å². The number of benzene rings is 2. The molecule has 1 amide bonds. The van der Waals surface area contributed by atoms with Crippen LogP contribution in [0.25, 0.3) is 0 Å². The van der Waals surface area contributed by atoms with Crippen molar-refractivity contribution >= 4 is 17.5 Å². The number of hydrogen-bond acceptors (Lipinski definition) is 6. The molecule has 0 heterocycles. The predicted molar refractivity (Wildman–Crippen MR) is 107 cm³/mol. The highest BCUT2D eigenvalue weighted by molar-refractivity contribution is 5.86. The molecule has 2 aromatic rings. The molecule has 0 unspecified atom stereocenters. The van der Waals surface area contributed by atoms with Gasteiger partial charge in [-0.3, -0.25) is 15.4 Å². The number of anilines is 1. The van der Waals surface area contributed by atoms with Crippen molar-refractivity contribution in [2.75, 3.05) is 18.5 Å². The number of carbonyl (C=O) groups excluding carboxylic acids is 1. The number of nitrogens with one attached hydrogen (secondary N) is 1. The van der Waals surface area contributed by atoms with Crippen LogP contribution in [0.1, 0.15) is 25.7 Å². The van der Waals surface area contributed by atoms with Crippen molar-refractivity contribution in [2.45, 2.75) is 25.7 Å². The number of hydrogen-bond donors (Lipinski definition) is 2. The lowest BCUT2D eigenvalue weighted by Gasteiger charge is -2.27. The van der Waals surface area contributed by atoms with Crippen molar-refractivity contribution in [3.63, 3.8) is 0 Å². The number of rotatable bonds is 7. The second-order valence-electron chi connectivity index (χ2n) is 7.17. The van der Waals surface area contributed by atoms with E-state index in [9.17, 15) is 20.0 Å². The largest absolute Gasteiger partial charge is 0.493 e. The molecule has 8 nitrogen and oxygen atoms in total. The highest BCUT2D eigenvalue weighted by Gasteiger charge is 2.21. The lowest BCUT2D eigenvalue weighted by molar-refractivity contribution is -0.384. The molecule has 1 aliphatic rings. The molecular formula is C21H24N2O6. The van der Waals surface area contributed by atoms with E-state index in [1.54, 1.807) is 24.3 Å². The van der Waals surface area contributed by atoms with E-state index < -0.39 is 11.0 Å². The first-order chi connectivity index (χ1) is 14.0. The van der Waals surface area contributed by atoms with E-state index in [-0.39, 0.29) is 18.0 Å². The van der Waals surface area contributed by atoms with Crippen LogP contribution < -0.4 is 14.8 Å². The molecule has 2 N–H and O–H groups in total. The van der Waals surface area contributed by atoms with E-state index in [0.29, 0.717) is 24.1 Å². The summed E-state index contributed by atoms with van der Waals surface area (Å²) in [5.41, 5.74) is 0.475. The average molecular weight is 400 g/mol. The number of non-ortho nitro benzene ring substituents is 1. The predicted octanol–water partition coefficient (Wildman–Crippen LogP) is 4.38. The standard InChI is InChI=1S/C21H24N2O6/c24-13-15-1-3-16(4-2-15)14-28-19-9-5-17(6-10-19)22-21(25)29-20-11-7-18(8-12-20)23(26)27/h5-12,15-16,24H,1-4,13-14H2,(H,22,25). The number of nitrogens with zero attached hydrogens (tertiary/aromatic N) is 1. The Morgan fingerprint density at radius 3 is 2.17 bits per heavy atom. The molecule has 3 rings (SSSR count). The highest BCUT2D eigenvalue weighted by Crippen LogP contribution is 2.29. The minimum Gasteiger partial charge on any atom is -0.493 e. The van der Waals surface area contributed by atoms with Crippen LogP contribution in [0.5, 0.6) is 11.5 Å². The zero-order valence-electron chi connectivity index (χ0n) is 16.0. The first-order valence-electron chi connectivity index (χ1n) is 9.60. The van der Waals surface area contributed by atoms with E-state index in [2.05, 4.69) is 5.32 Å². The number of aliphatic hydroxyl groups excluding tert-OH is 1. The Hall–Kier alpha value is -3.13. The molecule has 0 aliphatic heterocycles. The maximum atomic E-state index is 12.0. The minimum absolute atomic E-state index is 0.0743. The van der Waals surface area contributed by atoms with Crippen molar-refractivity contribution in [2.24, 2.45) is 11.8 Å². The summed E-state index contributed by atoms with van der Waals surface area (Å²) in [6.07, 6.45) is 3.54. The van der Waals surface area contributed by atoms with Crippen LogP contribution in [0.15, 0.2) is 48.5 Å². The first-order valence-corrected chi connectivity index (χ1v) is 9.60. The summed E-state index contributed by atoms with van der Waals surface area (Å²) >= 11 is 0. The third-order valence-electron chi connectivity index (χ3n) is 5.07. The Kier molecular flexibility index (Phi) is 7.02. The average Bonchev–Trinajstić information content (AvgIpc) is 2.74. The number of nitro benzene ring substituents is 1. The lowest BCUT2D eigenvalue weighted by atomic mass is 9.83. The normalized spacial score (nSPS) is 18.7. The molecule has 1 saturated carbocycles. The molecule has 0 spiro atoms. The quantitative estimate of drug-likeness (QED) is 0.527. The van der Waals surface area contributed by atoms with Gasteiger partial charge in [0.1, 0.15) is 11.5 Å². The molecular weight excluding hydrogens is 376 g/mol. The van der Waals surface area contributed by atoms with Crippen LogP contribution in [0.3, 0.4) is 0 Å². The Morgan fingerprint density at radius 2 is 1.59 bits per heavy atom. The van der Waals surface area contributed by atoms with Crippen LogP contribution in [0, 0.1) is 22.0 Å². The third-order valence-corrected chi connectivity index (χ3v) is 5.07. The smallest absolute Gasteiger partial charge is 0.417 e. The van der Waals surface area contributed by atoms with E-state index in [1.165, 1.54) is 24.3 Å². The topological polar surface area (TPSA) is 111 Å². The highest BCUT2D eigenvalue weighted by atomic mass is 16.6. The number of nitro groups is 1. The molecule has 1 fully saturated rings. The molecule has 8 heteroatoms. The zero-order valence-corrected chi connectivity index (χ0v) is 16.0. The van der Waals surface area contributed by atoms with Crippen LogP contribution in [0.4, 0.5) is 16.2 Å². The van der Waals surface area contributed by atoms with Gasteiger partial charge in [0.05, 0.1) is 11.5 Å². The van der Waals surface area contributed by atoms with Crippen molar-refractivity contribution in [3.05, 3.63) is 58.6 Å². The Bertz CT molecular complexity index is 814. The van der Waals surface area contributed by atoms with Crippen molar-refractivity contribution in [1.82, 2.24) is 0 Å². The molecule has 0 saturated heterocycles. The van der Waals surface area contributed by atoms with E-state index in [0.717, 1.165) is 31.4 Å². The first kappa shape index (κ1) is 20.6. The fraction of sp³-hybridized carbons (Fsp3) is 0.381. The summed E-state index contributed by atoms with van der Waals surface area (Å²) in [6, 6.07) is 12.3. The lowest BCUT2D eigenvalue weighted by Crippen LogP contribution is -2.21. The van der Waals surface area contributed by atoms with Gasteiger partial charge < -0.3 is 14.6 Å². The summed E-state index contributed by atoms with van der Waals surface area (Å²) in [5, 5.41) is 22.4.